The molecule has 2 aliphatic rings. The number of hydrogen-bond donors (Lipinski definition) is 3. The smallest absolute Gasteiger partial charge is 0.232 e. The minimum atomic E-state index is -0.171. The first-order valence-corrected chi connectivity index (χ1v) is 8.30. The second-order valence-corrected chi connectivity index (χ2v) is 6.74. The van der Waals surface area contributed by atoms with Crippen molar-refractivity contribution in [1.82, 2.24) is 21.0 Å². The Morgan fingerprint density at radius 2 is 2.05 bits per heavy atom. The van der Waals surface area contributed by atoms with E-state index in [-0.39, 0.29) is 17.9 Å². The van der Waals surface area contributed by atoms with Crippen LogP contribution < -0.4 is 16.2 Å². The summed E-state index contributed by atoms with van der Waals surface area (Å²) in [5.74, 6) is 0.371. The van der Waals surface area contributed by atoms with E-state index in [0.717, 1.165) is 10.6 Å². The Kier molecular flexibility index (Phi) is 3.61. The standard InChI is InChI=1S/C15H17N5OS/c21-13(17-15-20-19-14(22-15)10-6-7-10)11-8-16-18-12(11)9-4-2-1-3-5-9/h1-5,10-12,16,18H,6-8H2,(H,17,20,21). The van der Waals surface area contributed by atoms with Gasteiger partial charge >= 0.3 is 0 Å². The molecule has 1 aliphatic heterocycles. The number of anilines is 1. The lowest BCUT2D eigenvalue weighted by Gasteiger charge is -2.17. The highest BCUT2D eigenvalue weighted by atomic mass is 32.1. The lowest BCUT2D eigenvalue weighted by Crippen LogP contribution is -2.29. The van der Waals surface area contributed by atoms with Crippen LogP contribution in [0.25, 0.3) is 0 Å². The van der Waals surface area contributed by atoms with Crippen molar-refractivity contribution >= 4 is 22.4 Å². The molecule has 1 amide bonds. The molecule has 1 saturated carbocycles. The largest absolute Gasteiger partial charge is 0.300 e. The van der Waals surface area contributed by atoms with Crippen molar-refractivity contribution in [2.24, 2.45) is 5.92 Å². The molecule has 2 aromatic rings. The van der Waals surface area contributed by atoms with E-state index >= 15 is 0 Å². The molecule has 22 heavy (non-hydrogen) atoms. The number of nitrogens with one attached hydrogen (secondary N) is 3. The molecule has 2 heterocycles. The molecule has 4 rings (SSSR count). The van der Waals surface area contributed by atoms with E-state index in [4.69, 9.17) is 0 Å². The second kappa shape index (κ2) is 5.75. The minimum absolute atomic E-state index is 0.0233. The molecule has 2 unspecified atom stereocenters. The summed E-state index contributed by atoms with van der Waals surface area (Å²) in [7, 11) is 0. The SMILES string of the molecule is O=C(Nc1nnc(C2CC2)s1)C1CNNC1c1ccccc1. The summed E-state index contributed by atoms with van der Waals surface area (Å²) in [5.41, 5.74) is 7.36. The van der Waals surface area contributed by atoms with Crippen molar-refractivity contribution in [3.8, 4) is 0 Å². The summed E-state index contributed by atoms with van der Waals surface area (Å²) >= 11 is 1.49. The number of amides is 1. The van der Waals surface area contributed by atoms with E-state index in [2.05, 4.69) is 26.4 Å². The van der Waals surface area contributed by atoms with Gasteiger partial charge in [-0.2, -0.15) is 0 Å². The quantitative estimate of drug-likeness (QED) is 0.802. The van der Waals surface area contributed by atoms with Crippen LogP contribution in [0.5, 0.6) is 0 Å². The zero-order valence-corrected chi connectivity index (χ0v) is 12.8. The topological polar surface area (TPSA) is 78.9 Å². The lowest BCUT2D eigenvalue weighted by molar-refractivity contribution is -0.119. The van der Waals surface area contributed by atoms with Crippen LogP contribution in [0, 0.1) is 5.92 Å². The summed E-state index contributed by atoms with van der Waals surface area (Å²) in [6.45, 7) is 0.597. The fourth-order valence-electron chi connectivity index (χ4n) is 2.70. The predicted octanol–water partition coefficient (Wildman–Crippen LogP) is 1.82. The molecular formula is C15H17N5OS. The van der Waals surface area contributed by atoms with E-state index < -0.39 is 0 Å². The van der Waals surface area contributed by atoms with Crippen molar-refractivity contribution in [2.75, 3.05) is 11.9 Å². The van der Waals surface area contributed by atoms with E-state index in [0.29, 0.717) is 17.6 Å². The van der Waals surface area contributed by atoms with Gasteiger partial charge in [0.15, 0.2) is 0 Å². The molecule has 7 heteroatoms. The average molecular weight is 315 g/mol. The fourth-order valence-corrected chi connectivity index (χ4v) is 3.61. The van der Waals surface area contributed by atoms with Crippen LogP contribution in [0.4, 0.5) is 5.13 Å². The van der Waals surface area contributed by atoms with Gasteiger partial charge in [-0.3, -0.25) is 10.2 Å². The average Bonchev–Trinajstić information content (AvgIpc) is 3.10. The first kappa shape index (κ1) is 13.8. The number of hydrazine groups is 1. The predicted molar refractivity (Wildman–Crippen MR) is 84.3 cm³/mol. The number of aromatic nitrogens is 2. The van der Waals surface area contributed by atoms with Crippen molar-refractivity contribution in [3.63, 3.8) is 0 Å². The van der Waals surface area contributed by atoms with Crippen LogP contribution in [-0.2, 0) is 4.79 Å². The second-order valence-electron chi connectivity index (χ2n) is 5.73. The number of nitrogens with zero attached hydrogens (tertiary/aromatic N) is 2. The minimum Gasteiger partial charge on any atom is -0.300 e. The van der Waals surface area contributed by atoms with Crippen LogP contribution in [-0.4, -0.2) is 22.6 Å². The van der Waals surface area contributed by atoms with Crippen molar-refractivity contribution in [1.29, 1.82) is 0 Å². The third-order valence-electron chi connectivity index (χ3n) is 4.07. The summed E-state index contributed by atoms with van der Waals surface area (Å²) in [4.78, 5) is 12.5. The van der Waals surface area contributed by atoms with Crippen LogP contribution in [0.3, 0.4) is 0 Å². The number of rotatable bonds is 4. The van der Waals surface area contributed by atoms with Crippen LogP contribution in [0.15, 0.2) is 30.3 Å². The summed E-state index contributed by atoms with van der Waals surface area (Å²) in [6, 6.07) is 9.97. The summed E-state index contributed by atoms with van der Waals surface area (Å²) in [5, 5.41) is 12.8. The fraction of sp³-hybridized carbons (Fsp3) is 0.400. The van der Waals surface area contributed by atoms with Gasteiger partial charge < -0.3 is 5.32 Å². The lowest BCUT2D eigenvalue weighted by atomic mass is 9.94. The van der Waals surface area contributed by atoms with E-state index in [1.807, 2.05) is 30.3 Å². The zero-order valence-electron chi connectivity index (χ0n) is 12.0. The Balaban J connectivity index is 1.46. The maximum atomic E-state index is 12.5. The van der Waals surface area contributed by atoms with E-state index in [1.165, 1.54) is 24.2 Å². The van der Waals surface area contributed by atoms with Gasteiger partial charge in [-0.25, -0.2) is 5.43 Å². The monoisotopic (exact) mass is 315 g/mol. The third kappa shape index (κ3) is 2.75. The molecule has 114 valence electrons. The molecule has 3 N–H and O–H groups in total. The van der Waals surface area contributed by atoms with Crippen molar-refractivity contribution in [3.05, 3.63) is 40.9 Å². The van der Waals surface area contributed by atoms with Gasteiger partial charge in [0.2, 0.25) is 11.0 Å². The van der Waals surface area contributed by atoms with E-state index in [9.17, 15) is 4.79 Å². The zero-order chi connectivity index (χ0) is 14.9. The van der Waals surface area contributed by atoms with Gasteiger partial charge in [0.25, 0.3) is 0 Å². The number of hydrogen-bond acceptors (Lipinski definition) is 6. The molecule has 1 aromatic carbocycles. The molecule has 2 fully saturated rings. The Morgan fingerprint density at radius 3 is 2.82 bits per heavy atom. The van der Waals surface area contributed by atoms with Crippen LogP contribution >= 0.6 is 11.3 Å². The van der Waals surface area contributed by atoms with Crippen LogP contribution in [0.1, 0.15) is 35.4 Å². The molecule has 1 aliphatic carbocycles. The van der Waals surface area contributed by atoms with Gasteiger partial charge in [0.05, 0.1) is 12.0 Å². The molecule has 6 nitrogen and oxygen atoms in total. The number of carbonyl (C=O) groups excluding carboxylic acids is 1. The Bertz CT molecular complexity index is 670. The Morgan fingerprint density at radius 1 is 1.23 bits per heavy atom. The van der Waals surface area contributed by atoms with Gasteiger partial charge in [-0.05, 0) is 18.4 Å². The molecule has 0 bridgehead atoms. The molecule has 0 radical (unpaired) electrons. The molecule has 1 aromatic heterocycles. The normalized spacial score (nSPS) is 24.4. The number of benzene rings is 1. The van der Waals surface area contributed by atoms with Gasteiger partial charge in [-0.1, -0.05) is 41.7 Å². The number of carbonyl (C=O) groups is 1. The third-order valence-corrected chi connectivity index (χ3v) is 5.08. The first-order chi connectivity index (χ1) is 10.8. The highest BCUT2D eigenvalue weighted by Crippen LogP contribution is 2.42. The van der Waals surface area contributed by atoms with Gasteiger partial charge in [-0.15, -0.1) is 10.2 Å². The first-order valence-electron chi connectivity index (χ1n) is 7.49. The maximum Gasteiger partial charge on any atom is 0.232 e. The Hall–Kier alpha value is -1.83. The molecular weight excluding hydrogens is 298 g/mol. The highest BCUT2D eigenvalue weighted by molar-refractivity contribution is 7.15. The molecule has 1 saturated heterocycles. The Labute approximate surface area is 132 Å². The maximum absolute atomic E-state index is 12.5. The summed E-state index contributed by atoms with van der Waals surface area (Å²) in [6.07, 6.45) is 2.38. The highest BCUT2D eigenvalue weighted by Gasteiger charge is 2.34. The molecule has 0 spiro atoms. The summed E-state index contributed by atoms with van der Waals surface area (Å²) < 4.78 is 0. The molecule has 2 atom stereocenters. The van der Waals surface area contributed by atoms with Gasteiger partial charge in [0.1, 0.15) is 5.01 Å². The van der Waals surface area contributed by atoms with Crippen molar-refractivity contribution in [2.45, 2.75) is 24.8 Å². The van der Waals surface area contributed by atoms with Crippen LogP contribution in [0.2, 0.25) is 0 Å². The van der Waals surface area contributed by atoms with Gasteiger partial charge in [0, 0.05) is 12.5 Å². The van der Waals surface area contributed by atoms with E-state index in [1.54, 1.807) is 0 Å². The van der Waals surface area contributed by atoms with Crippen molar-refractivity contribution < 1.29 is 4.79 Å².